The molecule has 2 saturated carbocycles. The number of anilines is 2. The van der Waals surface area contributed by atoms with E-state index in [0.29, 0.717) is 65.1 Å². The van der Waals surface area contributed by atoms with Crippen LogP contribution in [0.5, 0.6) is 23.0 Å². The number of hydrogen-bond acceptors (Lipinski definition) is 14. The van der Waals surface area contributed by atoms with Crippen LogP contribution in [0.25, 0.3) is 22.5 Å². The van der Waals surface area contributed by atoms with Gasteiger partial charge in [-0.25, -0.2) is 36.7 Å². The molecule has 4 heterocycles. The topological polar surface area (TPSA) is 261 Å². The number of ether oxygens (including phenoxy) is 4. The Hall–Kier alpha value is -7.96. The summed E-state index contributed by atoms with van der Waals surface area (Å²) in [5, 5.41) is 9.98. The summed E-state index contributed by atoms with van der Waals surface area (Å²) in [4.78, 5) is 58.9. The fraction of sp³-hybridized carbons (Fsp3) is 0.240. The van der Waals surface area contributed by atoms with E-state index in [4.69, 9.17) is 0 Å². The molecule has 2 aromatic heterocycles. The summed E-state index contributed by atoms with van der Waals surface area (Å²) >= 11 is 0. The Labute approximate surface area is 420 Å². The molecular weight excluding hydrogens is 1020 g/mol. The normalized spacial score (nSPS) is 16.4. The van der Waals surface area contributed by atoms with Crippen molar-refractivity contribution in [2.75, 3.05) is 23.1 Å². The molecule has 0 spiro atoms. The van der Waals surface area contributed by atoms with Gasteiger partial charge in [-0.05, 0) is 116 Å². The number of halogens is 4. The van der Waals surface area contributed by atoms with Gasteiger partial charge in [0.1, 0.15) is 17.9 Å². The van der Waals surface area contributed by atoms with Crippen molar-refractivity contribution >= 4 is 55.7 Å². The third-order valence-electron chi connectivity index (χ3n) is 11.9. The number of benzene rings is 4. The number of pyridine rings is 2. The number of sulfonamides is 2. The number of fused-ring (bicyclic) bond motifs is 2. The van der Waals surface area contributed by atoms with Gasteiger partial charge in [-0.2, -0.15) is 0 Å². The van der Waals surface area contributed by atoms with Crippen molar-refractivity contribution in [1.82, 2.24) is 14.7 Å². The van der Waals surface area contributed by atoms with E-state index in [-0.39, 0.29) is 46.2 Å². The Kier molecular flexibility index (Phi) is 13.8. The summed E-state index contributed by atoms with van der Waals surface area (Å²) in [6.07, 6.45) is -2.66. The zero-order valence-corrected chi connectivity index (χ0v) is 41.1. The number of hydrogen-bond donors (Lipinski definition) is 4. The predicted molar refractivity (Wildman–Crippen MR) is 260 cm³/mol. The molecule has 2 aliphatic heterocycles. The van der Waals surface area contributed by atoms with E-state index in [1.165, 1.54) is 36.4 Å². The molecule has 4 aromatic carbocycles. The fourth-order valence-electron chi connectivity index (χ4n) is 8.08. The van der Waals surface area contributed by atoms with Crippen LogP contribution in [0.2, 0.25) is 0 Å². The molecule has 3 amide bonds. The Balaban J connectivity index is 0.000000182. The van der Waals surface area contributed by atoms with Gasteiger partial charge in [-0.3, -0.25) is 19.2 Å². The molecule has 18 nitrogen and oxygen atoms in total. The van der Waals surface area contributed by atoms with Crippen LogP contribution < -0.4 is 39.4 Å². The van der Waals surface area contributed by atoms with E-state index < -0.39 is 49.4 Å². The van der Waals surface area contributed by atoms with Crippen molar-refractivity contribution in [1.29, 1.82) is 0 Å². The molecule has 74 heavy (non-hydrogen) atoms. The number of nitrogens with zero attached hydrogens (tertiary/aromatic N) is 2. The highest BCUT2D eigenvalue weighted by Gasteiger charge is 2.54. The van der Waals surface area contributed by atoms with Crippen molar-refractivity contribution in [3.05, 3.63) is 143 Å². The summed E-state index contributed by atoms with van der Waals surface area (Å²) in [6, 6.07) is 29.0. The monoisotopic (exact) mass is 1060 g/mol. The van der Waals surface area contributed by atoms with Gasteiger partial charge in [-0.1, -0.05) is 54.6 Å². The van der Waals surface area contributed by atoms with Gasteiger partial charge < -0.3 is 29.6 Å². The van der Waals surface area contributed by atoms with E-state index in [9.17, 15) is 53.6 Å². The van der Waals surface area contributed by atoms with Crippen molar-refractivity contribution in [2.24, 2.45) is 5.14 Å². The van der Waals surface area contributed by atoms with Gasteiger partial charge in [0.05, 0.1) is 34.7 Å². The Morgan fingerprint density at radius 2 is 1.01 bits per heavy atom. The maximum Gasteiger partial charge on any atom is 0.586 e. The number of amides is 3. The van der Waals surface area contributed by atoms with Gasteiger partial charge in [0.25, 0.3) is 5.91 Å². The highest BCUT2D eigenvalue weighted by molar-refractivity contribution is 7.89. The molecular formula is C50H44F4N6O12S2. The third kappa shape index (κ3) is 12.1. The van der Waals surface area contributed by atoms with E-state index >= 15 is 0 Å². The number of rotatable bonds is 11. The molecule has 0 radical (unpaired) electrons. The second-order valence-corrected chi connectivity index (χ2v) is 21.2. The summed E-state index contributed by atoms with van der Waals surface area (Å²) in [7, 11) is -6.90. The van der Waals surface area contributed by atoms with E-state index in [2.05, 4.69) is 44.7 Å². The zero-order chi connectivity index (χ0) is 53.6. The second kappa shape index (κ2) is 19.5. The first-order valence-electron chi connectivity index (χ1n) is 22.2. The smallest absolute Gasteiger partial charge is 0.395 e. The molecule has 24 heteroatoms. The third-order valence-corrected chi connectivity index (χ3v) is 12.5. The van der Waals surface area contributed by atoms with Crippen LogP contribution in [0.4, 0.5) is 29.2 Å². The number of nitrogens with two attached hydrogens (primary N) is 1. The highest BCUT2D eigenvalue weighted by atomic mass is 32.2. The van der Waals surface area contributed by atoms with Crippen LogP contribution in [0.3, 0.4) is 0 Å². The minimum Gasteiger partial charge on any atom is -0.395 e. The summed E-state index contributed by atoms with van der Waals surface area (Å²) in [5.41, 5.74) is 4.14. The Morgan fingerprint density at radius 3 is 1.43 bits per heavy atom. The van der Waals surface area contributed by atoms with Gasteiger partial charge in [-0.15, -0.1) is 17.6 Å². The molecule has 0 atom stereocenters. The number of aryl methyl sites for hydroxylation is 2. The van der Waals surface area contributed by atoms with Crippen LogP contribution in [-0.4, -0.2) is 75.9 Å². The number of primary sulfonamides is 1. The summed E-state index contributed by atoms with van der Waals surface area (Å²) in [5.74, 6) is -1.13. The standard InChI is InChI=1S/C25H21F2N3O6S.C24H18F2N2O4.CH5NO2S/c1-14-6-9-20(28-21(14)15-4-3-5-16(12-15)22(31)30-37(2,33)34)29-23(32)24(10-11-24)17-7-8-18-19(13-17)36-25(26,27)35-18;1-14-5-8-20(27-21(14)16-4-2-3-15(11-16)13-29)28-22(30)23(9-10-23)17-6-7-18-19(12-17)32-24(25,26)31-18;1-5(2,3)4/h3-9,12-13H,10-11H2,1-2H3,(H,30,31)(H,28,29,32);2-8,11-13H,9-10H2,1H3,(H,27,28,30);1H3,(H2,2,3,4). The maximum atomic E-state index is 13.4. The predicted octanol–water partition coefficient (Wildman–Crippen LogP) is 7.50. The first-order valence-corrected chi connectivity index (χ1v) is 26.0. The molecule has 5 N–H and O–H groups in total. The largest absolute Gasteiger partial charge is 0.586 e. The van der Waals surface area contributed by atoms with Crippen LogP contribution in [0.15, 0.2) is 109 Å². The molecule has 6 aromatic rings. The number of carbonyl (C=O) groups is 4. The van der Waals surface area contributed by atoms with Crippen molar-refractivity contribution in [2.45, 2.75) is 63.0 Å². The SMILES string of the molecule is CS(N)(=O)=O.Cc1ccc(NC(=O)C2(c3ccc4c(c3)OC(F)(F)O4)CC2)nc1-c1cccc(C(=O)NS(C)(=O)=O)c1.Cc1ccc(NC(=O)C2(c3ccc4c(c3)OC(F)(F)O4)CC2)nc1-c1cccc(C=O)c1. The van der Waals surface area contributed by atoms with Crippen LogP contribution in [-0.2, 0) is 40.5 Å². The first-order chi connectivity index (χ1) is 34.6. The van der Waals surface area contributed by atoms with Gasteiger partial charge >= 0.3 is 12.6 Å². The molecule has 0 unspecified atom stereocenters. The highest BCUT2D eigenvalue weighted by Crippen LogP contribution is 2.54. The van der Waals surface area contributed by atoms with E-state index in [1.54, 1.807) is 60.7 Å². The lowest BCUT2D eigenvalue weighted by Crippen LogP contribution is -2.29. The molecule has 10 rings (SSSR count). The molecule has 386 valence electrons. The quantitative estimate of drug-likeness (QED) is 0.0723. The number of carbonyl (C=O) groups excluding carboxylic acids is 4. The fourth-order valence-corrected chi connectivity index (χ4v) is 8.54. The Bertz CT molecular complexity index is 3490. The minimum absolute atomic E-state index is 0.0580. The maximum absolute atomic E-state index is 13.4. The summed E-state index contributed by atoms with van der Waals surface area (Å²) in [6.45, 7) is 3.70. The van der Waals surface area contributed by atoms with Crippen LogP contribution in [0, 0.1) is 13.8 Å². The van der Waals surface area contributed by atoms with Crippen molar-refractivity contribution < 1.29 is 72.5 Å². The lowest BCUT2D eigenvalue weighted by molar-refractivity contribution is -0.287. The molecule has 2 aliphatic carbocycles. The average molecular weight is 1060 g/mol. The van der Waals surface area contributed by atoms with E-state index in [1.807, 2.05) is 30.7 Å². The number of alkyl halides is 4. The molecule has 0 saturated heterocycles. The molecule has 2 fully saturated rings. The van der Waals surface area contributed by atoms with Crippen LogP contribution >= 0.6 is 0 Å². The number of aromatic nitrogens is 2. The lowest BCUT2D eigenvalue weighted by atomic mass is 9.94. The first kappa shape index (κ1) is 52.4. The van der Waals surface area contributed by atoms with Gasteiger partial charge in [0, 0.05) is 22.3 Å². The molecule has 4 aliphatic rings. The van der Waals surface area contributed by atoms with Gasteiger partial charge in [0.2, 0.25) is 31.9 Å². The average Bonchev–Trinajstić information content (AvgIpc) is 4.25. The molecule has 0 bridgehead atoms. The number of nitrogens with one attached hydrogen (secondary N) is 3. The number of aldehydes is 1. The summed E-state index contributed by atoms with van der Waals surface area (Å²) < 4.78 is 115. The zero-order valence-electron chi connectivity index (χ0n) is 39.5. The van der Waals surface area contributed by atoms with Crippen molar-refractivity contribution in [3.8, 4) is 45.5 Å². The van der Waals surface area contributed by atoms with E-state index in [0.717, 1.165) is 35.5 Å². The van der Waals surface area contributed by atoms with Gasteiger partial charge in [0.15, 0.2) is 23.0 Å². The minimum atomic E-state index is -3.75. The second-order valence-electron chi connectivity index (χ2n) is 17.8. The van der Waals surface area contributed by atoms with Crippen molar-refractivity contribution in [3.63, 3.8) is 0 Å². The lowest BCUT2D eigenvalue weighted by Gasteiger charge is -2.17. The van der Waals surface area contributed by atoms with Crippen LogP contribution in [0.1, 0.15) is 68.7 Å². The Morgan fingerprint density at radius 1 is 0.595 bits per heavy atom.